The van der Waals surface area contributed by atoms with E-state index in [4.69, 9.17) is 0 Å². The fourth-order valence-corrected chi connectivity index (χ4v) is 0.716. The smallest absolute Gasteiger partial charge is 0.302 e. The average Bonchev–Trinajstić information content (AvgIpc) is 1.88. The molecule has 0 saturated heterocycles. The number of nitrogens with zero attached hydrogens (tertiary/aromatic N) is 1. The van der Waals surface area contributed by atoms with Crippen LogP contribution in [0.3, 0.4) is 0 Å². The Kier molecular flexibility index (Phi) is 2.44. The van der Waals surface area contributed by atoms with Gasteiger partial charge in [0.2, 0.25) is 12.4 Å². The summed E-state index contributed by atoms with van der Waals surface area (Å²) in [5.74, 6) is 0. The van der Waals surface area contributed by atoms with E-state index in [1.165, 1.54) is 12.4 Å². The van der Waals surface area contributed by atoms with Gasteiger partial charge in [0.25, 0.3) is 0 Å². The highest BCUT2D eigenvalue weighted by Gasteiger charge is 2.15. The minimum absolute atomic E-state index is 1.07. The third kappa shape index (κ3) is 2.18. The van der Waals surface area contributed by atoms with Crippen molar-refractivity contribution >= 4 is 0 Å². The number of rotatable bonds is 2. The quantitative estimate of drug-likeness (QED) is 0.452. The maximum atomic E-state index is 9.89. The summed E-state index contributed by atoms with van der Waals surface area (Å²) in [6, 6.07) is 5.06. The van der Waals surface area contributed by atoms with E-state index in [0.717, 1.165) is 4.73 Å². The molecule has 5 heteroatoms. The Labute approximate surface area is 60.6 Å². The Morgan fingerprint density at radius 2 is 1.70 bits per heavy atom. The first-order valence-corrected chi connectivity index (χ1v) is 3.42. The summed E-state index contributed by atoms with van der Waals surface area (Å²) in [5, 5.41) is 0. The lowest BCUT2D eigenvalue weighted by molar-refractivity contribution is -1.67. The third-order valence-electron chi connectivity index (χ3n) is 0.824. The predicted octanol–water partition coefficient (Wildman–Crippen LogP) is -2.51. The van der Waals surface area contributed by atoms with Crippen molar-refractivity contribution in [3.05, 3.63) is 30.6 Å². The van der Waals surface area contributed by atoms with E-state index >= 15 is 0 Å². The zero-order valence-electron chi connectivity index (χ0n) is 4.94. The van der Waals surface area contributed by atoms with Gasteiger partial charge in [0.1, 0.15) is 9.12 Å². The normalized spacial score (nSPS) is 9.90. The fraction of sp³-hybridized carbons (Fsp3) is 0. The molecule has 10 heavy (non-hydrogen) atoms. The van der Waals surface area contributed by atoms with Crippen molar-refractivity contribution in [3.63, 3.8) is 0 Å². The van der Waals surface area contributed by atoms with Crippen LogP contribution in [0.1, 0.15) is 0 Å². The minimum Gasteiger partial charge on any atom is -0.302 e. The molecule has 0 fully saturated rings. The molecular formula is C5H5ClNO3+. The number of hydrogen-bond acceptors (Lipinski definition) is 3. The van der Waals surface area contributed by atoms with E-state index in [-0.39, 0.29) is 0 Å². The summed E-state index contributed by atoms with van der Waals surface area (Å²) in [6.07, 6.45) is 2.95. The molecule has 0 N–H and O–H groups in total. The monoisotopic (exact) mass is 162 g/mol. The molecule has 0 atom stereocenters. The highest BCUT2D eigenvalue weighted by atomic mass is 35.6. The van der Waals surface area contributed by atoms with Crippen molar-refractivity contribution < 1.29 is 29.2 Å². The van der Waals surface area contributed by atoms with Gasteiger partial charge in [0.05, 0.1) is 0 Å². The van der Waals surface area contributed by atoms with Gasteiger partial charge in [-0.3, -0.25) is 0 Å². The lowest BCUT2D eigenvalue weighted by Crippen LogP contribution is -2.53. The number of halogens is 1. The first-order valence-electron chi connectivity index (χ1n) is 2.50. The number of hydrogen-bond donors (Lipinski definition) is 0. The van der Waals surface area contributed by atoms with Crippen LogP contribution in [0.5, 0.6) is 0 Å². The van der Waals surface area contributed by atoms with E-state index in [1.807, 2.05) is 0 Å². The van der Waals surface area contributed by atoms with Gasteiger partial charge >= 0.3 is 10.8 Å². The van der Waals surface area contributed by atoms with Crippen LogP contribution < -0.4 is 18.4 Å². The van der Waals surface area contributed by atoms with Crippen molar-refractivity contribution in [2.24, 2.45) is 0 Å². The van der Waals surface area contributed by atoms with Crippen LogP contribution >= 0.6 is 0 Å². The van der Waals surface area contributed by atoms with Crippen LogP contribution in [0.25, 0.3) is 0 Å². The van der Waals surface area contributed by atoms with Crippen molar-refractivity contribution in [3.8, 4) is 0 Å². The van der Waals surface area contributed by atoms with Crippen molar-refractivity contribution in [1.82, 2.24) is 0 Å². The highest BCUT2D eigenvalue weighted by molar-refractivity contribution is 4.82. The van der Waals surface area contributed by atoms with Crippen LogP contribution in [0.2, 0.25) is 0 Å². The topological polar surface area (TPSA) is 59.2 Å². The third-order valence-corrected chi connectivity index (χ3v) is 1.10. The Hall–Kier alpha value is -0.840. The largest absolute Gasteiger partial charge is 0.426 e. The summed E-state index contributed by atoms with van der Waals surface area (Å²) >= 11 is 0. The van der Waals surface area contributed by atoms with Gasteiger partial charge < -0.3 is 9.32 Å². The number of aromatic nitrogens is 1. The summed E-state index contributed by atoms with van der Waals surface area (Å²) in [4.78, 5) is 0. The highest BCUT2D eigenvalue weighted by Crippen LogP contribution is 1.74. The molecular weight excluding hydrogens is 158 g/mol. The van der Waals surface area contributed by atoms with Crippen molar-refractivity contribution in [1.29, 1.82) is 0 Å². The SMILES string of the molecule is [O-][Cl+2]([O-])O[n+]1ccccc1. The Morgan fingerprint density at radius 3 is 2.20 bits per heavy atom. The van der Waals surface area contributed by atoms with E-state index in [2.05, 4.69) is 4.39 Å². The van der Waals surface area contributed by atoms with Crippen LogP contribution in [0, 0.1) is 10.8 Å². The summed E-state index contributed by atoms with van der Waals surface area (Å²) < 4.78 is 25.1. The summed E-state index contributed by atoms with van der Waals surface area (Å²) in [5.41, 5.74) is 0. The van der Waals surface area contributed by atoms with Crippen molar-refractivity contribution in [2.45, 2.75) is 0 Å². The summed E-state index contributed by atoms with van der Waals surface area (Å²) in [7, 11) is -2.19. The maximum absolute atomic E-state index is 9.89. The molecule has 0 amide bonds. The molecule has 0 bridgehead atoms. The second kappa shape index (κ2) is 3.36. The predicted molar refractivity (Wildman–Crippen MR) is 23.2 cm³/mol. The molecule has 1 heterocycles. The Bertz CT molecular complexity index is 191. The first kappa shape index (κ1) is 7.27. The molecule has 0 aromatic carbocycles. The zero-order valence-corrected chi connectivity index (χ0v) is 5.69. The van der Waals surface area contributed by atoms with E-state index < -0.39 is 10.8 Å². The van der Waals surface area contributed by atoms with E-state index in [9.17, 15) is 9.32 Å². The van der Waals surface area contributed by atoms with Gasteiger partial charge in [-0.2, -0.15) is 0 Å². The minimum atomic E-state index is -2.19. The Balaban J connectivity index is 2.59. The Morgan fingerprint density at radius 1 is 1.10 bits per heavy atom. The van der Waals surface area contributed by atoms with Crippen LogP contribution in [-0.2, 0) is 0 Å². The molecule has 0 aliphatic heterocycles. The lowest BCUT2D eigenvalue weighted by Gasteiger charge is -1.84. The molecule has 0 radical (unpaired) electrons. The zero-order chi connectivity index (χ0) is 7.40. The van der Waals surface area contributed by atoms with E-state index in [0.29, 0.717) is 0 Å². The molecule has 1 aromatic heterocycles. The molecule has 0 spiro atoms. The molecule has 1 rings (SSSR count). The van der Waals surface area contributed by atoms with Gasteiger partial charge in [-0.25, -0.2) is 0 Å². The average molecular weight is 163 g/mol. The van der Waals surface area contributed by atoms with Gasteiger partial charge in [-0.05, 0) is 0 Å². The molecule has 0 aliphatic rings. The van der Waals surface area contributed by atoms with Gasteiger partial charge in [0.15, 0.2) is 0 Å². The first-order chi connectivity index (χ1) is 4.79. The van der Waals surface area contributed by atoms with Gasteiger partial charge in [-0.1, -0.05) is 6.07 Å². The maximum Gasteiger partial charge on any atom is 0.426 e. The lowest BCUT2D eigenvalue weighted by atomic mass is 10.5. The second-order valence-corrected chi connectivity index (χ2v) is 2.01. The van der Waals surface area contributed by atoms with Crippen LogP contribution in [0.4, 0.5) is 0 Å². The molecule has 0 aliphatic carbocycles. The standard InChI is InChI=1S/C5H5ClNO3/c8-6(9)10-7-4-2-1-3-5-7/h1-5H/q+1. The molecule has 0 unspecified atom stereocenters. The molecule has 54 valence electrons. The van der Waals surface area contributed by atoms with Gasteiger partial charge in [-0.15, -0.1) is 0 Å². The van der Waals surface area contributed by atoms with Gasteiger partial charge in [0, 0.05) is 12.1 Å². The van der Waals surface area contributed by atoms with Crippen LogP contribution in [0.15, 0.2) is 30.6 Å². The molecule has 4 nitrogen and oxygen atoms in total. The van der Waals surface area contributed by atoms with Crippen LogP contribution in [-0.4, -0.2) is 0 Å². The van der Waals surface area contributed by atoms with Crippen molar-refractivity contribution in [2.75, 3.05) is 0 Å². The summed E-state index contributed by atoms with van der Waals surface area (Å²) in [6.45, 7) is 0. The molecule has 0 saturated carbocycles. The fourth-order valence-electron chi connectivity index (χ4n) is 0.494. The second-order valence-electron chi connectivity index (χ2n) is 1.49. The number of pyridine rings is 1. The molecule has 1 aromatic rings. The van der Waals surface area contributed by atoms with E-state index in [1.54, 1.807) is 18.2 Å².